The molecular formula is C25H31Cl2N5O2S. The molecule has 0 bridgehead atoms. The van der Waals surface area contributed by atoms with E-state index in [9.17, 15) is 9.59 Å². The Labute approximate surface area is 220 Å². The third-order valence-electron chi connectivity index (χ3n) is 6.91. The summed E-state index contributed by atoms with van der Waals surface area (Å²) in [6, 6.07) is 7.56. The first kappa shape index (κ1) is 25.9. The lowest BCUT2D eigenvalue weighted by molar-refractivity contribution is 0.0860. The molecule has 35 heavy (non-hydrogen) atoms. The van der Waals surface area contributed by atoms with Crippen LogP contribution in [0, 0.1) is 0 Å². The van der Waals surface area contributed by atoms with Crippen molar-refractivity contribution in [2.24, 2.45) is 0 Å². The van der Waals surface area contributed by atoms with Crippen LogP contribution in [0.25, 0.3) is 10.9 Å². The molecule has 1 fully saturated rings. The molecule has 0 saturated heterocycles. The maximum atomic E-state index is 13.1. The van der Waals surface area contributed by atoms with Crippen LogP contribution in [-0.2, 0) is 13.0 Å². The normalized spacial score (nSPS) is 20.3. The van der Waals surface area contributed by atoms with Gasteiger partial charge in [-0.05, 0) is 51.0 Å². The molecule has 0 unspecified atom stereocenters. The number of carbonyl (C=O) groups excluding carboxylic acids is 2. The quantitative estimate of drug-likeness (QED) is 0.431. The van der Waals surface area contributed by atoms with Crippen LogP contribution in [0.1, 0.15) is 70.4 Å². The number of aromatic nitrogens is 2. The summed E-state index contributed by atoms with van der Waals surface area (Å²) in [5.74, 6) is -0.307. The number of hydrogen-bond donors (Lipinski definition) is 3. The number of thiazole rings is 1. The molecule has 7 nitrogen and oxygen atoms in total. The highest BCUT2D eigenvalue weighted by atomic mass is 35.5. The van der Waals surface area contributed by atoms with Crippen molar-refractivity contribution in [3.8, 4) is 0 Å². The number of carbonyl (C=O) groups is 2. The first-order valence-electron chi connectivity index (χ1n) is 12.0. The molecule has 2 atom stereocenters. The number of amides is 2. The van der Waals surface area contributed by atoms with Gasteiger partial charge in [0.05, 0.1) is 5.69 Å². The van der Waals surface area contributed by atoms with Crippen LogP contribution >= 0.6 is 35.3 Å². The Morgan fingerprint density at radius 1 is 1.14 bits per heavy atom. The second-order valence-electron chi connectivity index (χ2n) is 9.56. The van der Waals surface area contributed by atoms with E-state index < -0.39 is 0 Å². The number of halogens is 2. The molecule has 3 N–H and O–H groups in total. The summed E-state index contributed by atoms with van der Waals surface area (Å²) < 4.78 is 0. The van der Waals surface area contributed by atoms with Gasteiger partial charge in [-0.1, -0.05) is 24.4 Å². The van der Waals surface area contributed by atoms with Crippen LogP contribution in [0.15, 0.2) is 24.3 Å². The monoisotopic (exact) mass is 535 g/mol. The van der Waals surface area contributed by atoms with Gasteiger partial charge in [-0.3, -0.25) is 14.5 Å². The Morgan fingerprint density at radius 2 is 1.86 bits per heavy atom. The lowest BCUT2D eigenvalue weighted by Crippen LogP contribution is -2.53. The van der Waals surface area contributed by atoms with Crippen LogP contribution in [0.4, 0.5) is 0 Å². The first-order chi connectivity index (χ1) is 16.4. The fourth-order valence-electron chi connectivity index (χ4n) is 4.93. The molecule has 2 aliphatic rings. The largest absolute Gasteiger partial charge is 0.351 e. The SMILES string of the molecule is CC(C)N1CCc2nc(C(=O)N[C@H]3CCCC[C@H]3NC(=O)c3cc4cc(Cl)ccc4[nH]3)sc2C1.Cl. The zero-order valence-electron chi connectivity index (χ0n) is 19.9. The van der Waals surface area contributed by atoms with Crippen LogP contribution in [0.3, 0.4) is 0 Å². The first-order valence-corrected chi connectivity index (χ1v) is 13.2. The number of nitrogens with zero attached hydrogens (tertiary/aromatic N) is 2. The summed E-state index contributed by atoms with van der Waals surface area (Å²) in [4.78, 5) is 37.5. The molecule has 1 aliphatic heterocycles. The summed E-state index contributed by atoms with van der Waals surface area (Å²) in [5, 5.41) is 8.37. The zero-order valence-corrected chi connectivity index (χ0v) is 22.3. The van der Waals surface area contributed by atoms with Gasteiger partial charge in [-0.2, -0.15) is 0 Å². The number of fused-ring (bicyclic) bond motifs is 2. The van der Waals surface area contributed by atoms with E-state index in [1.807, 2.05) is 18.2 Å². The third kappa shape index (κ3) is 5.66. The van der Waals surface area contributed by atoms with E-state index in [-0.39, 0.29) is 36.3 Å². The van der Waals surface area contributed by atoms with Crippen molar-refractivity contribution >= 4 is 58.1 Å². The van der Waals surface area contributed by atoms with Crippen molar-refractivity contribution in [3.05, 3.63) is 50.6 Å². The molecule has 0 spiro atoms. The van der Waals surface area contributed by atoms with Gasteiger partial charge in [0, 0.05) is 58.4 Å². The fourth-order valence-corrected chi connectivity index (χ4v) is 6.15. The van der Waals surface area contributed by atoms with Gasteiger partial charge in [0.1, 0.15) is 5.69 Å². The molecule has 5 rings (SSSR count). The van der Waals surface area contributed by atoms with E-state index >= 15 is 0 Å². The molecule has 0 radical (unpaired) electrons. The van der Waals surface area contributed by atoms with Crippen LogP contribution in [0.5, 0.6) is 0 Å². The lowest BCUT2D eigenvalue weighted by atomic mass is 9.90. The lowest BCUT2D eigenvalue weighted by Gasteiger charge is -2.32. The predicted octanol–water partition coefficient (Wildman–Crippen LogP) is 4.94. The van der Waals surface area contributed by atoms with Crippen molar-refractivity contribution in [1.82, 2.24) is 25.5 Å². The smallest absolute Gasteiger partial charge is 0.280 e. The summed E-state index contributed by atoms with van der Waals surface area (Å²) in [6.45, 7) is 6.23. The van der Waals surface area contributed by atoms with Crippen molar-refractivity contribution < 1.29 is 9.59 Å². The second-order valence-corrected chi connectivity index (χ2v) is 11.1. The maximum Gasteiger partial charge on any atom is 0.280 e. The average Bonchev–Trinajstić information content (AvgIpc) is 3.43. The molecule has 1 saturated carbocycles. The number of nitrogens with one attached hydrogen (secondary N) is 3. The number of rotatable bonds is 5. The number of aromatic amines is 1. The molecule has 10 heteroatoms. The van der Waals surface area contributed by atoms with Gasteiger partial charge in [0.2, 0.25) is 0 Å². The van der Waals surface area contributed by atoms with Crippen molar-refractivity contribution in [3.63, 3.8) is 0 Å². The molecule has 1 aromatic carbocycles. The van der Waals surface area contributed by atoms with Gasteiger partial charge in [0.25, 0.3) is 11.8 Å². The zero-order chi connectivity index (χ0) is 23.8. The minimum absolute atomic E-state index is 0. The summed E-state index contributed by atoms with van der Waals surface area (Å²) in [7, 11) is 0. The Balaban J connectivity index is 0.00000289. The molecular weight excluding hydrogens is 505 g/mol. The molecule has 2 aromatic heterocycles. The highest BCUT2D eigenvalue weighted by Crippen LogP contribution is 2.27. The highest BCUT2D eigenvalue weighted by Gasteiger charge is 2.30. The Kier molecular flexibility index (Phi) is 8.06. The van der Waals surface area contributed by atoms with Gasteiger partial charge in [-0.25, -0.2) is 4.98 Å². The Bertz CT molecular complexity index is 1220. The number of hydrogen-bond acceptors (Lipinski definition) is 5. The molecule has 3 aromatic rings. The van der Waals surface area contributed by atoms with E-state index in [0.717, 1.165) is 61.8 Å². The van der Waals surface area contributed by atoms with Crippen molar-refractivity contribution in [2.75, 3.05) is 6.54 Å². The number of benzene rings is 1. The van der Waals surface area contributed by atoms with E-state index in [4.69, 9.17) is 11.6 Å². The maximum absolute atomic E-state index is 13.1. The number of H-pyrrole nitrogens is 1. The van der Waals surface area contributed by atoms with Crippen molar-refractivity contribution in [1.29, 1.82) is 0 Å². The minimum Gasteiger partial charge on any atom is -0.351 e. The Morgan fingerprint density at radius 3 is 2.57 bits per heavy atom. The average molecular weight is 537 g/mol. The summed E-state index contributed by atoms with van der Waals surface area (Å²) >= 11 is 7.57. The molecule has 1 aliphatic carbocycles. The topological polar surface area (TPSA) is 90.1 Å². The van der Waals surface area contributed by atoms with Gasteiger partial charge < -0.3 is 15.6 Å². The summed E-state index contributed by atoms with van der Waals surface area (Å²) in [6.07, 6.45) is 4.61. The van der Waals surface area contributed by atoms with E-state index in [1.165, 1.54) is 16.2 Å². The van der Waals surface area contributed by atoms with Crippen molar-refractivity contribution in [2.45, 2.75) is 70.6 Å². The van der Waals surface area contributed by atoms with Gasteiger partial charge >= 0.3 is 0 Å². The standard InChI is InChI=1S/C25H30ClN5O2S.ClH/c1-14(2)31-10-9-20-22(13-31)34-25(30-20)24(33)29-19-6-4-3-5-18(19)28-23(32)21-12-15-11-16(26)7-8-17(15)27-21;/h7-8,11-12,14,18-19,27H,3-6,9-10,13H2,1-2H3,(H,28,32)(H,29,33);1H/t18-,19+;/m1./s1. The molecule has 2 amide bonds. The molecule has 188 valence electrons. The predicted molar refractivity (Wildman–Crippen MR) is 143 cm³/mol. The third-order valence-corrected chi connectivity index (χ3v) is 8.23. The van der Waals surface area contributed by atoms with Crippen LogP contribution in [0.2, 0.25) is 5.02 Å². The summed E-state index contributed by atoms with van der Waals surface area (Å²) in [5.41, 5.74) is 2.42. The molecule has 3 heterocycles. The van der Waals surface area contributed by atoms with E-state index in [0.29, 0.717) is 21.8 Å². The van der Waals surface area contributed by atoms with Gasteiger partial charge in [0.15, 0.2) is 5.01 Å². The second kappa shape index (κ2) is 10.9. The van der Waals surface area contributed by atoms with Crippen LogP contribution < -0.4 is 10.6 Å². The Hall–Kier alpha value is -2.13. The minimum atomic E-state index is -0.169. The fraction of sp³-hybridized carbons (Fsp3) is 0.480. The van der Waals surface area contributed by atoms with Crippen LogP contribution in [-0.4, -0.2) is 51.4 Å². The van der Waals surface area contributed by atoms with Gasteiger partial charge in [-0.15, -0.1) is 23.7 Å². The highest BCUT2D eigenvalue weighted by molar-refractivity contribution is 7.13. The van der Waals surface area contributed by atoms with E-state index in [2.05, 4.69) is 39.3 Å². The van der Waals surface area contributed by atoms with E-state index in [1.54, 1.807) is 6.07 Å².